The van der Waals surface area contributed by atoms with Crippen molar-refractivity contribution in [1.82, 2.24) is 0 Å². The second-order valence-electron chi connectivity index (χ2n) is 4.62. The molecule has 0 radical (unpaired) electrons. The van der Waals surface area contributed by atoms with Gasteiger partial charge in [0.25, 0.3) is 10.0 Å². The fraction of sp³-hybridized carbons (Fsp3) is 0.143. The molecule has 24 heavy (non-hydrogen) atoms. The van der Waals surface area contributed by atoms with E-state index in [4.69, 9.17) is 16.3 Å². The Balaban J connectivity index is 2.49. The number of halogens is 5. The van der Waals surface area contributed by atoms with E-state index in [1.807, 2.05) is 0 Å². The van der Waals surface area contributed by atoms with Crippen molar-refractivity contribution < 1.29 is 26.3 Å². The van der Waals surface area contributed by atoms with E-state index in [0.717, 1.165) is 12.1 Å². The van der Waals surface area contributed by atoms with Gasteiger partial charge in [-0.15, -0.1) is 0 Å². The van der Waals surface area contributed by atoms with Crippen LogP contribution in [0.5, 0.6) is 5.75 Å². The minimum absolute atomic E-state index is 0.0125. The van der Waals surface area contributed by atoms with Gasteiger partial charge in [-0.3, -0.25) is 4.72 Å². The van der Waals surface area contributed by atoms with Gasteiger partial charge in [0, 0.05) is 9.50 Å². The van der Waals surface area contributed by atoms with Crippen LogP contribution >= 0.6 is 27.5 Å². The van der Waals surface area contributed by atoms with Crippen molar-refractivity contribution in [2.24, 2.45) is 0 Å². The molecule has 0 bridgehead atoms. The molecule has 0 unspecified atom stereocenters. The molecule has 0 aromatic heterocycles. The summed E-state index contributed by atoms with van der Waals surface area (Å²) in [5.41, 5.74) is -1.08. The Morgan fingerprint density at radius 3 is 2.42 bits per heavy atom. The van der Waals surface area contributed by atoms with Crippen LogP contribution in [0.25, 0.3) is 0 Å². The van der Waals surface area contributed by atoms with Crippen molar-refractivity contribution in [2.45, 2.75) is 11.1 Å². The number of benzene rings is 2. The van der Waals surface area contributed by atoms with E-state index in [9.17, 15) is 21.6 Å². The summed E-state index contributed by atoms with van der Waals surface area (Å²) in [7, 11) is -2.97. The van der Waals surface area contributed by atoms with Crippen molar-refractivity contribution in [3.63, 3.8) is 0 Å². The first-order chi connectivity index (χ1) is 11.0. The summed E-state index contributed by atoms with van der Waals surface area (Å²) in [4.78, 5) is -0.550. The predicted octanol–water partition coefficient (Wildman–Crippen LogP) is 4.93. The normalized spacial score (nSPS) is 12.1. The van der Waals surface area contributed by atoms with Gasteiger partial charge in [-0.25, -0.2) is 8.42 Å². The predicted molar refractivity (Wildman–Crippen MR) is 88.0 cm³/mol. The Hall–Kier alpha value is -1.45. The summed E-state index contributed by atoms with van der Waals surface area (Å²) in [5.74, 6) is 0.175. The van der Waals surface area contributed by atoms with E-state index in [-0.39, 0.29) is 20.9 Å². The number of rotatable bonds is 4. The standard InChI is InChI=1S/C14H10BrClF3NO3S/c1-23-13-3-2-10(16)7-12(13)20-24(21,22)11-5-8(14(17,18)19)4-9(15)6-11/h2-7,20H,1H3. The minimum atomic E-state index is -4.68. The van der Waals surface area contributed by atoms with Crippen molar-refractivity contribution in [2.75, 3.05) is 11.8 Å². The lowest BCUT2D eigenvalue weighted by molar-refractivity contribution is -0.137. The molecular formula is C14H10BrClF3NO3S. The SMILES string of the molecule is COc1ccc(Cl)cc1NS(=O)(=O)c1cc(Br)cc(C(F)(F)F)c1. The van der Waals surface area contributed by atoms with Crippen LogP contribution in [0.15, 0.2) is 45.8 Å². The molecule has 2 aromatic carbocycles. The van der Waals surface area contributed by atoms with Crippen LogP contribution in [0.2, 0.25) is 5.02 Å². The topological polar surface area (TPSA) is 55.4 Å². The molecule has 0 aliphatic carbocycles. The number of methoxy groups -OCH3 is 1. The zero-order valence-electron chi connectivity index (χ0n) is 12.0. The van der Waals surface area contributed by atoms with E-state index in [2.05, 4.69) is 20.7 Å². The summed E-state index contributed by atoms with van der Waals surface area (Å²) in [6.07, 6.45) is -4.68. The van der Waals surface area contributed by atoms with Crippen molar-refractivity contribution in [3.8, 4) is 5.75 Å². The van der Waals surface area contributed by atoms with Gasteiger partial charge in [0.05, 0.1) is 23.3 Å². The van der Waals surface area contributed by atoms with Crippen molar-refractivity contribution >= 4 is 43.2 Å². The number of anilines is 1. The third-order valence-corrected chi connectivity index (χ3v) is 4.95. The van der Waals surface area contributed by atoms with Crippen LogP contribution in [0.1, 0.15) is 5.56 Å². The van der Waals surface area contributed by atoms with Crippen LogP contribution < -0.4 is 9.46 Å². The molecule has 0 fully saturated rings. The van der Waals surface area contributed by atoms with Gasteiger partial charge in [-0.1, -0.05) is 27.5 Å². The molecule has 1 N–H and O–H groups in total. The van der Waals surface area contributed by atoms with Crippen LogP contribution in [0, 0.1) is 0 Å². The number of alkyl halides is 3. The quantitative estimate of drug-likeness (QED) is 0.727. The average Bonchev–Trinajstić information content (AvgIpc) is 2.45. The fourth-order valence-electron chi connectivity index (χ4n) is 1.85. The summed E-state index contributed by atoms with van der Waals surface area (Å²) >= 11 is 8.70. The maximum Gasteiger partial charge on any atom is 0.416 e. The summed E-state index contributed by atoms with van der Waals surface area (Å²) in [5, 5.41) is 0.235. The maximum atomic E-state index is 12.9. The zero-order chi connectivity index (χ0) is 18.1. The van der Waals surface area contributed by atoms with Crippen molar-refractivity contribution in [1.29, 1.82) is 0 Å². The molecule has 10 heteroatoms. The molecule has 0 amide bonds. The van der Waals surface area contributed by atoms with Gasteiger partial charge in [-0.2, -0.15) is 13.2 Å². The highest BCUT2D eigenvalue weighted by Gasteiger charge is 2.32. The largest absolute Gasteiger partial charge is 0.495 e. The highest BCUT2D eigenvalue weighted by Crippen LogP contribution is 2.34. The number of nitrogens with one attached hydrogen (secondary N) is 1. The second-order valence-corrected chi connectivity index (χ2v) is 7.66. The van der Waals surface area contributed by atoms with Crippen LogP contribution in [-0.2, 0) is 16.2 Å². The van der Waals surface area contributed by atoms with Crippen LogP contribution in [0.4, 0.5) is 18.9 Å². The molecular weight excluding hydrogens is 435 g/mol. The summed E-state index contributed by atoms with van der Waals surface area (Å²) in [6.45, 7) is 0. The second kappa shape index (κ2) is 6.81. The number of sulfonamides is 1. The maximum absolute atomic E-state index is 12.9. The third kappa shape index (κ3) is 4.34. The first kappa shape index (κ1) is 18.9. The number of ether oxygens (including phenoxy) is 1. The highest BCUT2D eigenvalue weighted by atomic mass is 79.9. The van der Waals surface area contributed by atoms with Gasteiger partial charge in [0.15, 0.2) is 0 Å². The smallest absolute Gasteiger partial charge is 0.416 e. The molecule has 2 aromatic rings. The third-order valence-electron chi connectivity index (χ3n) is 2.91. The fourth-order valence-corrected chi connectivity index (χ4v) is 3.79. The summed E-state index contributed by atoms with van der Waals surface area (Å²) < 4.78 is 70.6. The molecule has 0 atom stereocenters. The lowest BCUT2D eigenvalue weighted by Gasteiger charge is -2.14. The van der Waals surface area contributed by atoms with Crippen molar-refractivity contribution in [3.05, 3.63) is 51.5 Å². The molecule has 0 aliphatic rings. The molecule has 0 heterocycles. The lowest BCUT2D eigenvalue weighted by Crippen LogP contribution is -2.15. The van der Waals surface area contributed by atoms with Crippen LogP contribution in [-0.4, -0.2) is 15.5 Å². The van der Waals surface area contributed by atoms with Gasteiger partial charge in [0.1, 0.15) is 5.75 Å². The Morgan fingerprint density at radius 1 is 1.17 bits per heavy atom. The minimum Gasteiger partial charge on any atom is -0.495 e. The molecule has 0 aliphatic heterocycles. The van der Waals surface area contributed by atoms with E-state index >= 15 is 0 Å². The Labute approximate surface area is 149 Å². The molecule has 0 saturated heterocycles. The molecule has 130 valence electrons. The molecule has 0 saturated carbocycles. The number of hydrogen-bond acceptors (Lipinski definition) is 3. The van der Waals surface area contributed by atoms with Crippen LogP contribution in [0.3, 0.4) is 0 Å². The average molecular weight is 445 g/mol. The van der Waals surface area contributed by atoms with Gasteiger partial charge in [-0.05, 0) is 36.4 Å². The van der Waals surface area contributed by atoms with E-state index in [0.29, 0.717) is 6.07 Å². The molecule has 4 nitrogen and oxygen atoms in total. The summed E-state index contributed by atoms with van der Waals surface area (Å²) in [6, 6.07) is 6.61. The van der Waals surface area contributed by atoms with E-state index < -0.39 is 26.7 Å². The Morgan fingerprint density at radius 2 is 1.83 bits per heavy atom. The molecule has 0 spiro atoms. The monoisotopic (exact) mass is 443 g/mol. The van der Waals surface area contributed by atoms with Gasteiger partial charge in [0.2, 0.25) is 0 Å². The molecule has 2 rings (SSSR count). The lowest BCUT2D eigenvalue weighted by atomic mass is 10.2. The Bertz CT molecular complexity index is 872. The Kier molecular flexibility index (Phi) is 5.36. The first-order valence-electron chi connectivity index (χ1n) is 6.27. The highest BCUT2D eigenvalue weighted by molar-refractivity contribution is 9.10. The van der Waals surface area contributed by atoms with Gasteiger partial charge < -0.3 is 4.74 Å². The first-order valence-corrected chi connectivity index (χ1v) is 8.92. The van der Waals surface area contributed by atoms with E-state index in [1.165, 1.54) is 25.3 Å². The number of hydrogen-bond donors (Lipinski definition) is 1. The van der Waals surface area contributed by atoms with Gasteiger partial charge >= 0.3 is 6.18 Å². The van der Waals surface area contributed by atoms with E-state index in [1.54, 1.807) is 0 Å². The zero-order valence-corrected chi connectivity index (χ0v) is 15.1.